The Morgan fingerprint density at radius 1 is 0.592 bits per heavy atom. The van der Waals surface area contributed by atoms with Gasteiger partial charge >= 0.3 is 51.2 Å². The maximum atomic E-state index is 11.4. The second-order valence-corrected chi connectivity index (χ2v) is 7.98. The average Bonchev–Trinajstić information content (AvgIpc) is 3.06. The summed E-state index contributed by atoms with van der Waals surface area (Å²) in [5, 5.41) is 20.4. The summed E-state index contributed by atoms with van der Waals surface area (Å²) in [6.45, 7) is 28.4. The summed E-state index contributed by atoms with van der Waals surface area (Å²) in [4.78, 5) is 39.0. The smallest absolute Gasteiger partial charge is 0 e. The number of aliphatic carboxylic acids is 1. The van der Waals surface area contributed by atoms with Crippen LogP contribution in [0, 0.1) is 26.6 Å². The molecule has 49 heavy (non-hydrogen) atoms. The fourth-order valence-electron chi connectivity index (χ4n) is 1.95. The number of carbonyl (C=O) groups excluding carboxylic acids is 3. The summed E-state index contributed by atoms with van der Waals surface area (Å²) < 4.78 is 30.0. The molecule has 0 spiro atoms. The molecular weight excluding hydrogens is 718 g/mol. The molecule has 0 aromatic carbocycles. The van der Waals surface area contributed by atoms with Crippen LogP contribution in [0.25, 0.3) is 0 Å². The second kappa shape index (κ2) is 79.5. The molecule has 0 saturated carbocycles. The number of amides is 1. The molecule has 0 bridgehead atoms. The predicted octanol–water partition coefficient (Wildman–Crippen LogP) is 6.25. The zero-order valence-corrected chi connectivity index (χ0v) is 31.0. The number of nitrogens with one attached hydrogen (secondary N) is 1. The fraction of sp³-hybridized carbons (Fsp3) is 0.333. The second-order valence-electron chi connectivity index (χ2n) is 7.98. The Labute approximate surface area is 314 Å². The molecular formula is C36H49Fe2NO10. The van der Waals surface area contributed by atoms with E-state index in [1.807, 2.05) is 86.8 Å². The Morgan fingerprint density at radius 3 is 1.16 bits per heavy atom. The Bertz CT molecular complexity index is 994. The topological polar surface area (TPSA) is 200 Å². The number of aldehydes is 2. The quantitative estimate of drug-likeness (QED) is 0.0355. The van der Waals surface area contributed by atoms with E-state index < -0.39 is 11.6 Å². The Balaban J connectivity index is -0.0000000557. The molecule has 11 nitrogen and oxygen atoms in total. The van der Waals surface area contributed by atoms with E-state index in [0.29, 0.717) is 0 Å². The maximum Gasteiger partial charge on any atom is 0 e. The Morgan fingerprint density at radius 2 is 0.878 bits per heavy atom. The number of carbonyl (C=O) groups is 4. The van der Waals surface area contributed by atoms with Crippen LogP contribution in [0.5, 0.6) is 0 Å². The summed E-state index contributed by atoms with van der Waals surface area (Å²) in [6.07, 6.45) is 34.7. The van der Waals surface area contributed by atoms with E-state index in [4.69, 9.17) is 33.3 Å². The van der Waals surface area contributed by atoms with Crippen molar-refractivity contribution < 1.29 is 82.1 Å². The Hall–Kier alpha value is -3.84. The predicted molar refractivity (Wildman–Crippen MR) is 179 cm³/mol. The van der Waals surface area contributed by atoms with Crippen LogP contribution >= 0.6 is 0 Å². The summed E-state index contributed by atoms with van der Waals surface area (Å²) in [5.41, 5.74) is -0.870. The van der Waals surface area contributed by atoms with E-state index in [0.717, 1.165) is 38.3 Å². The third kappa shape index (κ3) is 134. The van der Waals surface area contributed by atoms with Crippen LogP contribution in [0.4, 0.5) is 0 Å². The van der Waals surface area contributed by atoms with Crippen LogP contribution in [-0.4, -0.2) is 46.8 Å². The molecule has 1 amide bonds. The molecule has 0 aromatic rings. The minimum absolute atomic E-state index is 0. The number of aliphatic hydroxyl groups is 1. The first-order chi connectivity index (χ1) is 22.6. The van der Waals surface area contributed by atoms with Gasteiger partial charge in [-0.15, -0.1) is 0 Å². The molecule has 0 rings (SSSR count). The zero-order chi connectivity index (χ0) is 38.6. The number of carboxylic acid groups (broad SMARTS) is 1. The van der Waals surface area contributed by atoms with Crippen LogP contribution in [0.3, 0.4) is 0 Å². The van der Waals surface area contributed by atoms with Crippen molar-refractivity contribution in [1.82, 2.24) is 5.32 Å². The molecule has 0 aromatic heterocycles. The average molecular weight is 767 g/mol. The van der Waals surface area contributed by atoms with E-state index in [1.54, 1.807) is 19.9 Å². The molecule has 0 atom stereocenters. The van der Waals surface area contributed by atoms with Crippen molar-refractivity contribution in [2.75, 3.05) is 6.54 Å². The molecule has 0 unspecified atom stereocenters. The van der Waals surface area contributed by atoms with Crippen molar-refractivity contribution >= 4 is 24.4 Å². The summed E-state index contributed by atoms with van der Waals surface area (Å²) >= 11 is 0. The standard InChI is InChI=1S/C16H25NO2.C12H16O2.2C2H4O.4CO.2Fe/c1-4-5-6-7-8-9-10-11-12-13-15(18)17-14-16(2,3)19;1-2-3-4-5-6-7-8-9-10-11-12(13)14;2*1-2-3;4*1-2;;/h4-9,12-13,19H,10-11,14H2,1-3H3,(H,17,18);2-7,10-11H,8-9H2,1H3,(H,13,14);2*2H,1H3;;;;;;/b5-4+,7-6+,9-8-,13-12+;3-2+,5-4+,7-6-,11-10+;;;;;;;;. The van der Waals surface area contributed by atoms with E-state index in [-0.39, 0.29) is 46.6 Å². The van der Waals surface area contributed by atoms with E-state index in [2.05, 4.69) is 38.0 Å². The fourth-order valence-corrected chi connectivity index (χ4v) is 1.95. The number of hydrogen-bond acceptors (Lipinski definition) is 5. The molecule has 0 aliphatic carbocycles. The van der Waals surface area contributed by atoms with E-state index >= 15 is 0 Å². The molecule has 13 heteroatoms. The van der Waals surface area contributed by atoms with E-state index in [1.165, 1.54) is 26.0 Å². The number of rotatable bonds is 14. The van der Waals surface area contributed by atoms with Crippen molar-refractivity contribution in [3.8, 4) is 0 Å². The Kier molecular flexibility index (Phi) is 116. The molecule has 0 radical (unpaired) electrons. The van der Waals surface area contributed by atoms with Crippen LogP contribution in [0.15, 0.2) is 97.2 Å². The van der Waals surface area contributed by atoms with Crippen LogP contribution in [0.2, 0.25) is 0 Å². The number of hydrogen-bond donors (Lipinski definition) is 3. The third-order valence-electron chi connectivity index (χ3n) is 3.55. The van der Waals surface area contributed by atoms with Gasteiger partial charge in [0.2, 0.25) is 5.91 Å². The normalized spacial score (nSPS) is 9.45. The van der Waals surface area contributed by atoms with E-state index in [9.17, 15) is 14.7 Å². The van der Waals surface area contributed by atoms with Gasteiger partial charge in [-0.2, -0.15) is 0 Å². The summed E-state index contributed by atoms with van der Waals surface area (Å²) in [7, 11) is 0. The van der Waals surface area contributed by atoms with Crippen molar-refractivity contribution in [3.05, 3.63) is 124 Å². The van der Waals surface area contributed by atoms with Gasteiger partial charge < -0.3 is 25.1 Å². The van der Waals surface area contributed by atoms with Gasteiger partial charge in [0.25, 0.3) is 0 Å². The van der Waals surface area contributed by atoms with Crippen molar-refractivity contribution in [2.24, 2.45) is 0 Å². The molecule has 0 saturated heterocycles. The van der Waals surface area contributed by atoms with Gasteiger partial charge in [-0.05, 0) is 73.3 Å². The number of allylic oxidation sites excluding steroid dienone is 14. The first-order valence-electron chi connectivity index (χ1n) is 13.6. The van der Waals surface area contributed by atoms with Gasteiger partial charge in [0.05, 0.1) is 5.60 Å². The first-order valence-corrected chi connectivity index (χ1v) is 13.6. The van der Waals surface area contributed by atoms with Gasteiger partial charge in [0.15, 0.2) is 0 Å². The van der Waals surface area contributed by atoms with Gasteiger partial charge in [0.1, 0.15) is 12.6 Å². The molecule has 274 valence electrons. The zero-order valence-electron chi connectivity index (χ0n) is 28.8. The van der Waals surface area contributed by atoms with Crippen molar-refractivity contribution in [1.29, 1.82) is 0 Å². The molecule has 0 heterocycles. The third-order valence-corrected chi connectivity index (χ3v) is 3.55. The largest absolute Gasteiger partial charge is 0 e. The number of carboxylic acids is 1. The minimum Gasteiger partial charge on any atom is 0 e. The molecule has 0 fully saturated rings. The first kappa shape index (κ1) is 71.2. The van der Waals surface area contributed by atoms with Gasteiger partial charge in [-0.1, -0.05) is 85.1 Å². The van der Waals surface area contributed by atoms with Crippen LogP contribution < -0.4 is 5.32 Å². The van der Waals surface area contributed by atoms with Crippen molar-refractivity contribution in [3.63, 3.8) is 0 Å². The van der Waals surface area contributed by atoms with Crippen molar-refractivity contribution in [2.45, 2.75) is 72.8 Å². The van der Waals surface area contributed by atoms with Crippen LogP contribution in [-0.2, 0) is 71.9 Å². The summed E-state index contributed by atoms with van der Waals surface area (Å²) in [5.74, 6) is -1.05. The summed E-state index contributed by atoms with van der Waals surface area (Å²) in [6, 6.07) is 0. The number of unbranched alkanes of at least 4 members (excludes halogenated alkanes) is 2. The maximum absolute atomic E-state index is 11.4. The van der Waals surface area contributed by atoms with Gasteiger partial charge in [-0.3, -0.25) is 4.79 Å². The molecule has 3 N–H and O–H groups in total. The molecule has 0 aliphatic rings. The molecule has 0 aliphatic heterocycles. The van der Waals surface area contributed by atoms with Crippen LogP contribution in [0.1, 0.15) is 67.2 Å². The monoisotopic (exact) mass is 767 g/mol. The minimum atomic E-state index is -0.887. The van der Waals surface area contributed by atoms with Gasteiger partial charge in [-0.25, -0.2) is 4.79 Å². The SMILES string of the molecule is C/C=C/C=C/C=C\CC/C=C/C(=O)NCC(C)(C)O.C/C=C/C=C/C=C\CC/C=C/C(=O)O.CC=O.CC=O.[C-]#[O+].[C-]#[O+].[C-]#[O+].[C-]#[O+].[Fe].[Fe]. The van der Waals surface area contributed by atoms with Gasteiger partial charge in [0, 0.05) is 46.8 Å².